The van der Waals surface area contributed by atoms with Gasteiger partial charge >= 0.3 is 0 Å². The molecule has 11 heavy (non-hydrogen) atoms. The highest BCUT2D eigenvalue weighted by atomic mass is 16.1. The van der Waals surface area contributed by atoms with Crippen molar-refractivity contribution in [2.45, 2.75) is 6.92 Å². The Kier molecular flexibility index (Phi) is 1.76. The van der Waals surface area contributed by atoms with Gasteiger partial charge in [-0.25, -0.2) is 4.68 Å². The summed E-state index contributed by atoms with van der Waals surface area (Å²) in [6, 6.07) is 2.71. The Balaban J connectivity index is 3.26. The van der Waals surface area contributed by atoms with Crippen LogP contribution in [-0.2, 0) is 0 Å². The molecular formula is C7H8N2O2. The second-order valence-electron chi connectivity index (χ2n) is 2.22. The zero-order chi connectivity index (χ0) is 8.43. The van der Waals surface area contributed by atoms with E-state index in [9.17, 15) is 9.59 Å². The number of nitrogens with zero attached hydrogens (tertiary/aromatic N) is 1. The third kappa shape index (κ3) is 1.46. The fourth-order valence-electron chi connectivity index (χ4n) is 0.712. The maximum absolute atomic E-state index is 10.7. The van der Waals surface area contributed by atoms with Crippen molar-refractivity contribution in [3.63, 3.8) is 0 Å². The molecule has 4 nitrogen and oxygen atoms in total. The van der Waals surface area contributed by atoms with Gasteiger partial charge in [0.25, 0.3) is 5.56 Å². The van der Waals surface area contributed by atoms with Crippen molar-refractivity contribution >= 4 is 5.78 Å². The Hall–Kier alpha value is -1.58. The Morgan fingerprint density at radius 3 is 2.64 bits per heavy atom. The lowest BCUT2D eigenvalue weighted by molar-refractivity contribution is 0.101. The fourth-order valence-corrected chi connectivity index (χ4v) is 0.712. The van der Waals surface area contributed by atoms with E-state index in [0.717, 1.165) is 4.68 Å². The number of ketones is 1. The molecule has 0 spiro atoms. The number of carbonyl (C=O) groups excluding carboxylic acids is 1. The van der Waals surface area contributed by atoms with Crippen molar-refractivity contribution in [2.75, 3.05) is 5.84 Å². The first-order valence-corrected chi connectivity index (χ1v) is 3.10. The van der Waals surface area contributed by atoms with E-state index in [-0.39, 0.29) is 11.3 Å². The minimum Gasteiger partial charge on any atom is -0.336 e. The first kappa shape index (κ1) is 7.53. The number of hydrogen-bond acceptors (Lipinski definition) is 3. The third-order valence-electron chi connectivity index (χ3n) is 1.34. The SMILES string of the molecule is CC(=O)c1ccc(=O)n(N)c1. The zero-order valence-corrected chi connectivity index (χ0v) is 6.07. The molecule has 0 aromatic carbocycles. The summed E-state index contributed by atoms with van der Waals surface area (Å²) in [6.45, 7) is 1.42. The van der Waals surface area contributed by atoms with Crippen LogP contribution < -0.4 is 11.4 Å². The summed E-state index contributed by atoms with van der Waals surface area (Å²) < 4.78 is 0.886. The van der Waals surface area contributed by atoms with Gasteiger partial charge in [0.05, 0.1) is 0 Å². The van der Waals surface area contributed by atoms with E-state index in [4.69, 9.17) is 5.84 Å². The summed E-state index contributed by atoms with van der Waals surface area (Å²) in [7, 11) is 0. The molecule has 0 saturated carbocycles. The molecule has 1 aromatic heterocycles. The topological polar surface area (TPSA) is 65.1 Å². The van der Waals surface area contributed by atoms with E-state index in [0.29, 0.717) is 5.56 Å². The van der Waals surface area contributed by atoms with Gasteiger partial charge in [0, 0.05) is 17.8 Å². The van der Waals surface area contributed by atoms with Crippen LogP contribution in [0.4, 0.5) is 0 Å². The Labute approximate surface area is 63.2 Å². The van der Waals surface area contributed by atoms with Crippen LogP contribution in [0, 0.1) is 0 Å². The van der Waals surface area contributed by atoms with Crippen LogP contribution in [0.3, 0.4) is 0 Å². The lowest BCUT2D eigenvalue weighted by atomic mass is 10.2. The molecule has 0 saturated heterocycles. The zero-order valence-electron chi connectivity index (χ0n) is 6.07. The molecule has 0 fully saturated rings. The highest BCUT2D eigenvalue weighted by Crippen LogP contribution is 1.93. The summed E-state index contributed by atoms with van der Waals surface area (Å²) in [6.07, 6.45) is 1.31. The fraction of sp³-hybridized carbons (Fsp3) is 0.143. The Morgan fingerprint density at radius 2 is 2.18 bits per heavy atom. The smallest absolute Gasteiger partial charge is 0.268 e. The molecule has 1 aromatic rings. The third-order valence-corrected chi connectivity index (χ3v) is 1.34. The molecule has 0 aliphatic heterocycles. The summed E-state index contributed by atoms with van der Waals surface area (Å²) in [5.41, 5.74) is 0.113. The first-order valence-electron chi connectivity index (χ1n) is 3.10. The van der Waals surface area contributed by atoms with Gasteiger partial charge in [0.2, 0.25) is 0 Å². The summed E-state index contributed by atoms with van der Waals surface area (Å²) in [5, 5.41) is 0. The lowest BCUT2D eigenvalue weighted by Gasteiger charge is -1.97. The predicted molar refractivity (Wildman–Crippen MR) is 40.9 cm³/mol. The van der Waals surface area contributed by atoms with E-state index >= 15 is 0 Å². The number of aromatic nitrogens is 1. The molecule has 0 unspecified atom stereocenters. The van der Waals surface area contributed by atoms with Crippen molar-refractivity contribution < 1.29 is 4.79 Å². The van der Waals surface area contributed by atoms with Gasteiger partial charge < -0.3 is 5.84 Å². The van der Waals surface area contributed by atoms with Crippen LogP contribution in [0.15, 0.2) is 23.1 Å². The standard InChI is InChI=1S/C7H8N2O2/c1-5(10)6-2-3-7(11)9(8)4-6/h2-4H,8H2,1H3. The van der Waals surface area contributed by atoms with E-state index in [1.54, 1.807) is 0 Å². The number of nitrogens with two attached hydrogens (primary N) is 1. The predicted octanol–water partition coefficient (Wildman–Crippen LogP) is -0.235. The van der Waals surface area contributed by atoms with Gasteiger partial charge in [-0.2, -0.15) is 0 Å². The second-order valence-corrected chi connectivity index (χ2v) is 2.22. The van der Waals surface area contributed by atoms with Crippen molar-refractivity contribution in [3.8, 4) is 0 Å². The largest absolute Gasteiger partial charge is 0.336 e. The van der Waals surface area contributed by atoms with Crippen LogP contribution in [0.5, 0.6) is 0 Å². The number of Topliss-reactive ketones (excluding diaryl/α,β-unsaturated/α-hetero) is 1. The molecule has 0 amide bonds. The van der Waals surface area contributed by atoms with Gasteiger partial charge in [0.1, 0.15) is 0 Å². The average Bonchev–Trinajstić information content (AvgIpc) is 1.94. The molecule has 0 aliphatic rings. The van der Waals surface area contributed by atoms with Gasteiger partial charge in [0.15, 0.2) is 5.78 Å². The maximum Gasteiger partial charge on any atom is 0.268 e. The summed E-state index contributed by atoms with van der Waals surface area (Å²) in [4.78, 5) is 21.5. The molecular weight excluding hydrogens is 144 g/mol. The number of pyridine rings is 1. The average molecular weight is 152 g/mol. The number of rotatable bonds is 1. The van der Waals surface area contributed by atoms with Crippen LogP contribution in [0.25, 0.3) is 0 Å². The van der Waals surface area contributed by atoms with Crippen LogP contribution in [0.2, 0.25) is 0 Å². The molecule has 1 rings (SSSR count). The lowest BCUT2D eigenvalue weighted by Crippen LogP contribution is -2.26. The quantitative estimate of drug-likeness (QED) is 0.446. The van der Waals surface area contributed by atoms with Gasteiger partial charge in [-0.15, -0.1) is 0 Å². The number of carbonyl (C=O) groups is 1. The molecule has 0 radical (unpaired) electrons. The number of nitrogen functional groups attached to an aromatic ring is 1. The van der Waals surface area contributed by atoms with Crippen molar-refractivity contribution in [1.82, 2.24) is 4.68 Å². The van der Waals surface area contributed by atoms with E-state index in [1.807, 2.05) is 0 Å². The van der Waals surface area contributed by atoms with Gasteiger partial charge in [-0.1, -0.05) is 0 Å². The molecule has 0 atom stereocenters. The summed E-state index contributed by atoms with van der Waals surface area (Å²) in [5.74, 6) is 5.10. The van der Waals surface area contributed by atoms with Crippen LogP contribution >= 0.6 is 0 Å². The van der Waals surface area contributed by atoms with Crippen molar-refractivity contribution in [1.29, 1.82) is 0 Å². The van der Waals surface area contributed by atoms with E-state index in [1.165, 1.54) is 25.3 Å². The van der Waals surface area contributed by atoms with Crippen molar-refractivity contribution in [3.05, 3.63) is 34.2 Å². The van der Waals surface area contributed by atoms with Gasteiger partial charge in [-0.05, 0) is 13.0 Å². The van der Waals surface area contributed by atoms with E-state index in [2.05, 4.69) is 0 Å². The van der Waals surface area contributed by atoms with Crippen LogP contribution in [0.1, 0.15) is 17.3 Å². The van der Waals surface area contributed by atoms with E-state index < -0.39 is 0 Å². The first-order chi connectivity index (χ1) is 5.11. The Bertz CT molecular complexity index is 341. The molecule has 0 bridgehead atoms. The monoisotopic (exact) mass is 152 g/mol. The minimum atomic E-state index is -0.324. The Morgan fingerprint density at radius 1 is 1.55 bits per heavy atom. The molecule has 2 N–H and O–H groups in total. The molecule has 0 aliphatic carbocycles. The highest BCUT2D eigenvalue weighted by Gasteiger charge is 1.99. The molecule has 1 heterocycles. The number of hydrogen-bond donors (Lipinski definition) is 1. The molecule has 4 heteroatoms. The van der Waals surface area contributed by atoms with Crippen LogP contribution in [-0.4, -0.2) is 10.5 Å². The maximum atomic E-state index is 10.7. The highest BCUT2D eigenvalue weighted by molar-refractivity contribution is 5.93. The molecule has 58 valence electrons. The minimum absolute atomic E-state index is 0.107. The van der Waals surface area contributed by atoms with Gasteiger partial charge in [-0.3, -0.25) is 9.59 Å². The summed E-state index contributed by atoms with van der Waals surface area (Å²) >= 11 is 0. The normalized spacial score (nSPS) is 9.55. The second kappa shape index (κ2) is 2.57. The van der Waals surface area contributed by atoms with Crippen molar-refractivity contribution in [2.24, 2.45) is 0 Å².